The van der Waals surface area contributed by atoms with Gasteiger partial charge in [0.15, 0.2) is 11.5 Å². The van der Waals surface area contributed by atoms with Gasteiger partial charge in [-0.15, -0.1) is 0 Å². The molecule has 1 amide bonds. The van der Waals surface area contributed by atoms with E-state index in [0.717, 1.165) is 26.5 Å². The van der Waals surface area contributed by atoms with E-state index >= 15 is 0 Å². The molecule has 36 heavy (non-hydrogen) atoms. The van der Waals surface area contributed by atoms with Crippen molar-refractivity contribution >= 4 is 32.6 Å². The van der Waals surface area contributed by atoms with Gasteiger partial charge in [-0.1, -0.05) is 52.3 Å². The summed E-state index contributed by atoms with van der Waals surface area (Å²) in [5.74, 6) is 1.00. The van der Waals surface area contributed by atoms with Crippen molar-refractivity contribution in [1.29, 1.82) is 0 Å². The zero-order valence-corrected chi connectivity index (χ0v) is 21.7. The molecule has 8 heteroatoms. The van der Waals surface area contributed by atoms with Gasteiger partial charge < -0.3 is 19.7 Å². The van der Waals surface area contributed by atoms with E-state index in [1.54, 1.807) is 10.6 Å². The van der Waals surface area contributed by atoms with Crippen LogP contribution in [-0.2, 0) is 6.54 Å². The number of ether oxygens (including phenoxy) is 2. The van der Waals surface area contributed by atoms with Gasteiger partial charge in [0.05, 0.1) is 6.54 Å². The van der Waals surface area contributed by atoms with E-state index in [1.807, 2.05) is 79.7 Å². The van der Waals surface area contributed by atoms with Gasteiger partial charge in [-0.3, -0.25) is 14.2 Å². The van der Waals surface area contributed by atoms with E-state index in [9.17, 15) is 9.59 Å². The fourth-order valence-corrected chi connectivity index (χ4v) is 4.76. The first-order chi connectivity index (χ1) is 17.4. The van der Waals surface area contributed by atoms with E-state index in [-0.39, 0.29) is 24.8 Å². The predicted octanol–water partition coefficient (Wildman–Crippen LogP) is 4.50. The molecule has 2 heterocycles. The number of nitrogens with zero attached hydrogens (tertiary/aromatic N) is 2. The zero-order chi connectivity index (χ0) is 25.2. The van der Waals surface area contributed by atoms with Gasteiger partial charge in [-0.2, -0.15) is 0 Å². The summed E-state index contributed by atoms with van der Waals surface area (Å²) in [5.41, 5.74) is 2.51. The Morgan fingerprint density at radius 1 is 1.00 bits per heavy atom. The summed E-state index contributed by atoms with van der Waals surface area (Å²) in [7, 11) is 3.90. The fourth-order valence-electron chi connectivity index (χ4n) is 4.40. The number of pyridine rings is 1. The summed E-state index contributed by atoms with van der Waals surface area (Å²) in [5, 5.41) is 4.28. The molecule has 4 aromatic rings. The average Bonchev–Trinajstić information content (AvgIpc) is 3.33. The molecule has 3 aromatic carbocycles. The lowest BCUT2D eigenvalue weighted by Gasteiger charge is -2.20. The van der Waals surface area contributed by atoms with E-state index in [1.165, 1.54) is 0 Å². The van der Waals surface area contributed by atoms with E-state index in [4.69, 9.17) is 9.47 Å². The van der Waals surface area contributed by atoms with Crippen molar-refractivity contribution in [3.63, 3.8) is 0 Å². The number of aromatic nitrogens is 1. The summed E-state index contributed by atoms with van der Waals surface area (Å²) in [6.45, 7) is 1.51. The van der Waals surface area contributed by atoms with Gasteiger partial charge in [0.25, 0.3) is 11.5 Å². The smallest absolute Gasteiger partial charge is 0.268 e. The maximum absolute atomic E-state index is 13.9. The SMILES string of the molecule is CN(C)CCNC(=O)c1c(-c2ccccc2)c2cc(Br)ccc2c(=O)n1Cc1ccc2c(c1)OCO2. The normalized spacial score (nSPS) is 12.3. The first kappa shape index (κ1) is 24.1. The monoisotopic (exact) mass is 547 g/mol. The van der Waals surface area contributed by atoms with Crippen LogP contribution in [0.3, 0.4) is 0 Å². The quantitative estimate of drug-likeness (QED) is 0.369. The number of likely N-dealkylation sites (N-methyl/N-ethyl adjacent to an activating group) is 1. The molecule has 7 nitrogen and oxygen atoms in total. The first-order valence-electron chi connectivity index (χ1n) is 11.7. The molecule has 1 aliphatic heterocycles. The fraction of sp³-hybridized carbons (Fsp3) is 0.214. The molecular weight excluding hydrogens is 522 g/mol. The molecule has 0 bridgehead atoms. The third kappa shape index (κ3) is 4.74. The molecule has 5 rings (SSSR count). The molecule has 0 atom stereocenters. The second-order valence-electron chi connectivity index (χ2n) is 8.92. The van der Waals surface area contributed by atoms with Gasteiger partial charge in [-0.05, 0) is 60.9 Å². The second-order valence-corrected chi connectivity index (χ2v) is 9.83. The number of benzene rings is 3. The van der Waals surface area contributed by atoms with Crippen LogP contribution in [-0.4, -0.2) is 49.4 Å². The summed E-state index contributed by atoms with van der Waals surface area (Å²) in [4.78, 5) is 29.6. The molecule has 1 aromatic heterocycles. The van der Waals surface area contributed by atoms with Crippen molar-refractivity contribution in [2.45, 2.75) is 6.54 Å². The molecule has 1 aliphatic rings. The van der Waals surface area contributed by atoms with Crippen molar-refractivity contribution in [2.24, 2.45) is 0 Å². The Balaban J connectivity index is 1.74. The standard InChI is InChI=1S/C28H26BrN3O4/c1-31(2)13-12-30-27(33)26-25(19-6-4-3-5-7-19)22-15-20(29)9-10-21(22)28(34)32(26)16-18-8-11-23-24(14-18)36-17-35-23/h3-11,14-15H,12-13,16-17H2,1-2H3,(H,30,33). The number of amides is 1. The highest BCUT2D eigenvalue weighted by atomic mass is 79.9. The molecular formula is C28H26BrN3O4. The van der Waals surface area contributed by atoms with Crippen LogP contribution in [0, 0.1) is 0 Å². The molecule has 0 spiro atoms. The van der Waals surface area contributed by atoms with Crippen molar-refractivity contribution in [1.82, 2.24) is 14.8 Å². The molecule has 0 unspecified atom stereocenters. The van der Waals surface area contributed by atoms with Crippen LogP contribution in [0.25, 0.3) is 21.9 Å². The number of carbonyl (C=O) groups excluding carboxylic acids is 1. The van der Waals surface area contributed by atoms with Crippen molar-refractivity contribution in [3.8, 4) is 22.6 Å². The van der Waals surface area contributed by atoms with Crippen LogP contribution in [0.15, 0.2) is 76.0 Å². The third-order valence-electron chi connectivity index (χ3n) is 6.13. The van der Waals surface area contributed by atoms with E-state index in [0.29, 0.717) is 35.7 Å². The first-order valence-corrected chi connectivity index (χ1v) is 12.4. The van der Waals surface area contributed by atoms with Crippen LogP contribution in [0.4, 0.5) is 0 Å². The zero-order valence-electron chi connectivity index (χ0n) is 20.1. The lowest BCUT2D eigenvalue weighted by atomic mass is 9.96. The molecule has 0 saturated carbocycles. The Morgan fingerprint density at radius 3 is 2.56 bits per heavy atom. The van der Waals surface area contributed by atoms with Gasteiger partial charge in [0.1, 0.15) is 5.69 Å². The summed E-state index contributed by atoms with van der Waals surface area (Å²) < 4.78 is 13.4. The largest absolute Gasteiger partial charge is 0.454 e. The minimum atomic E-state index is -0.296. The highest BCUT2D eigenvalue weighted by Crippen LogP contribution is 2.35. The van der Waals surface area contributed by atoms with Gasteiger partial charge in [-0.25, -0.2) is 0 Å². The minimum absolute atomic E-state index is 0.168. The van der Waals surface area contributed by atoms with E-state index in [2.05, 4.69) is 21.2 Å². The summed E-state index contributed by atoms with van der Waals surface area (Å²) in [6.07, 6.45) is 0. The Labute approximate surface area is 217 Å². The van der Waals surface area contributed by atoms with Crippen LogP contribution < -0.4 is 20.3 Å². The third-order valence-corrected chi connectivity index (χ3v) is 6.63. The van der Waals surface area contributed by atoms with Crippen molar-refractivity contribution in [3.05, 3.63) is 92.8 Å². The number of hydrogen-bond acceptors (Lipinski definition) is 5. The number of fused-ring (bicyclic) bond motifs is 2. The van der Waals surface area contributed by atoms with Crippen LogP contribution in [0.1, 0.15) is 16.1 Å². The minimum Gasteiger partial charge on any atom is -0.454 e. The maximum atomic E-state index is 13.9. The summed E-state index contributed by atoms with van der Waals surface area (Å²) in [6, 6.07) is 20.8. The molecule has 0 fully saturated rings. The number of nitrogens with one attached hydrogen (secondary N) is 1. The number of carbonyl (C=O) groups is 1. The number of hydrogen-bond donors (Lipinski definition) is 1. The Bertz CT molecular complexity index is 1500. The topological polar surface area (TPSA) is 72.8 Å². The number of halogens is 1. The Kier molecular flexibility index (Phi) is 6.80. The Morgan fingerprint density at radius 2 is 1.78 bits per heavy atom. The molecule has 0 aliphatic carbocycles. The highest BCUT2D eigenvalue weighted by Gasteiger charge is 2.24. The van der Waals surface area contributed by atoms with Crippen LogP contribution in [0.5, 0.6) is 11.5 Å². The van der Waals surface area contributed by atoms with Crippen LogP contribution in [0.2, 0.25) is 0 Å². The van der Waals surface area contributed by atoms with Gasteiger partial charge >= 0.3 is 0 Å². The molecule has 1 N–H and O–H groups in total. The molecule has 0 radical (unpaired) electrons. The van der Waals surface area contributed by atoms with E-state index < -0.39 is 0 Å². The summed E-state index contributed by atoms with van der Waals surface area (Å²) >= 11 is 3.54. The maximum Gasteiger partial charge on any atom is 0.268 e. The average molecular weight is 548 g/mol. The predicted molar refractivity (Wildman–Crippen MR) is 144 cm³/mol. The van der Waals surface area contributed by atoms with Crippen molar-refractivity contribution in [2.75, 3.05) is 34.0 Å². The second kappa shape index (κ2) is 10.2. The lowest BCUT2D eigenvalue weighted by Crippen LogP contribution is -2.36. The molecule has 0 saturated heterocycles. The molecule has 184 valence electrons. The highest BCUT2D eigenvalue weighted by molar-refractivity contribution is 9.10. The van der Waals surface area contributed by atoms with Gasteiger partial charge in [0, 0.05) is 28.5 Å². The number of rotatable bonds is 7. The van der Waals surface area contributed by atoms with Crippen LogP contribution >= 0.6 is 15.9 Å². The van der Waals surface area contributed by atoms with Gasteiger partial charge in [0.2, 0.25) is 6.79 Å². The van der Waals surface area contributed by atoms with Crippen molar-refractivity contribution < 1.29 is 14.3 Å². The Hall–Kier alpha value is -3.62. The lowest BCUT2D eigenvalue weighted by molar-refractivity contribution is 0.0942.